The number of fused-ring (bicyclic) bond motifs is 1. The van der Waals surface area contributed by atoms with Crippen LogP contribution in [0, 0.1) is 5.82 Å². The first-order valence-corrected chi connectivity index (χ1v) is 8.83. The lowest BCUT2D eigenvalue weighted by Gasteiger charge is -2.30. The SMILES string of the molecule is Fc1cccc(Cn2c(C(F)(F)F)cc3c(N4CCNCC4)cccc32)c1. The van der Waals surface area contributed by atoms with Gasteiger partial charge in [-0.1, -0.05) is 18.2 Å². The zero-order valence-electron chi connectivity index (χ0n) is 14.6. The van der Waals surface area contributed by atoms with E-state index < -0.39 is 17.7 Å². The number of piperazine rings is 1. The van der Waals surface area contributed by atoms with Gasteiger partial charge in [-0.2, -0.15) is 13.2 Å². The van der Waals surface area contributed by atoms with Crippen molar-refractivity contribution in [1.29, 1.82) is 0 Å². The summed E-state index contributed by atoms with van der Waals surface area (Å²) in [6, 6.07) is 12.2. The van der Waals surface area contributed by atoms with E-state index in [1.165, 1.54) is 28.8 Å². The van der Waals surface area contributed by atoms with Gasteiger partial charge in [0, 0.05) is 43.8 Å². The predicted octanol–water partition coefficient (Wildman–Crippen LogP) is 4.26. The Morgan fingerprint density at radius 3 is 2.41 bits per heavy atom. The zero-order valence-corrected chi connectivity index (χ0v) is 14.6. The predicted molar refractivity (Wildman–Crippen MR) is 97.5 cm³/mol. The second kappa shape index (κ2) is 6.88. The molecular formula is C20H19F4N3. The van der Waals surface area contributed by atoms with Gasteiger partial charge in [-0.3, -0.25) is 0 Å². The molecule has 0 radical (unpaired) electrons. The maximum atomic E-state index is 13.7. The van der Waals surface area contributed by atoms with E-state index in [4.69, 9.17) is 0 Å². The molecule has 2 aromatic carbocycles. The fourth-order valence-corrected chi connectivity index (χ4v) is 3.67. The summed E-state index contributed by atoms with van der Waals surface area (Å²) in [6.45, 7) is 3.05. The molecule has 3 aromatic rings. The lowest BCUT2D eigenvalue weighted by Crippen LogP contribution is -2.43. The number of halogens is 4. The molecular weight excluding hydrogens is 358 g/mol. The highest BCUT2D eigenvalue weighted by Gasteiger charge is 2.36. The molecule has 0 saturated carbocycles. The fourth-order valence-electron chi connectivity index (χ4n) is 3.67. The Morgan fingerprint density at radius 2 is 1.70 bits per heavy atom. The van der Waals surface area contributed by atoms with Gasteiger partial charge in [0.1, 0.15) is 11.5 Å². The van der Waals surface area contributed by atoms with Gasteiger partial charge in [-0.25, -0.2) is 4.39 Å². The molecule has 27 heavy (non-hydrogen) atoms. The van der Waals surface area contributed by atoms with Crippen molar-refractivity contribution in [3.05, 3.63) is 65.6 Å². The zero-order chi connectivity index (χ0) is 19.0. The van der Waals surface area contributed by atoms with Gasteiger partial charge in [-0.15, -0.1) is 0 Å². The normalized spacial score (nSPS) is 15.5. The summed E-state index contributed by atoms with van der Waals surface area (Å²) in [5.74, 6) is -0.459. The lowest BCUT2D eigenvalue weighted by molar-refractivity contribution is -0.143. The molecule has 142 valence electrons. The van der Waals surface area contributed by atoms with E-state index in [0.29, 0.717) is 16.5 Å². The van der Waals surface area contributed by atoms with E-state index in [2.05, 4.69) is 10.2 Å². The van der Waals surface area contributed by atoms with Crippen molar-refractivity contribution in [2.24, 2.45) is 0 Å². The van der Waals surface area contributed by atoms with Crippen LogP contribution >= 0.6 is 0 Å². The van der Waals surface area contributed by atoms with Gasteiger partial charge < -0.3 is 14.8 Å². The van der Waals surface area contributed by atoms with E-state index >= 15 is 0 Å². The smallest absolute Gasteiger partial charge is 0.368 e. The van der Waals surface area contributed by atoms with Gasteiger partial charge >= 0.3 is 6.18 Å². The summed E-state index contributed by atoms with van der Waals surface area (Å²) in [6.07, 6.45) is -4.49. The molecule has 1 aliphatic heterocycles. The van der Waals surface area contributed by atoms with Crippen molar-refractivity contribution in [2.45, 2.75) is 12.7 Å². The van der Waals surface area contributed by atoms with Crippen LogP contribution in [0.2, 0.25) is 0 Å². The van der Waals surface area contributed by atoms with Crippen molar-refractivity contribution in [2.75, 3.05) is 31.1 Å². The summed E-state index contributed by atoms with van der Waals surface area (Å²) in [4.78, 5) is 2.10. The van der Waals surface area contributed by atoms with Gasteiger partial charge in [0.25, 0.3) is 0 Å². The Kier molecular flexibility index (Phi) is 4.55. The lowest BCUT2D eigenvalue weighted by atomic mass is 10.1. The first kappa shape index (κ1) is 17.9. The first-order valence-electron chi connectivity index (χ1n) is 8.83. The van der Waals surface area contributed by atoms with Crippen molar-refractivity contribution in [3.63, 3.8) is 0 Å². The van der Waals surface area contributed by atoms with E-state index in [-0.39, 0.29) is 6.54 Å². The third-order valence-corrected chi connectivity index (χ3v) is 4.90. The van der Waals surface area contributed by atoms with Gasteiger partial charge in [-0.05, 0) is 35.9 Å². The highest BCUT2D eigenvalue weighted by molar-refractivity contribution is 5.94. The van der Waals surface area contributed by atoms with Crippen LogP contribution in [0.15, 0.2) is 48.5 Å². The number of alkyl halides is 3. The van der Waals surface area contributed by atoms with Crippen LogP contribution < -0.4 is 10.2 Å². The summed E-state index contributed by atoms with van der Waals surface area (Å²) in [5.41, 5.74) is 1.08. The molecule has 0 spiro atoms. The summed E-state index contributed by atoms with van der Waals surface area (Å²) in [5, 5.41) is 3.82. The summed E-state index contributed by atoms with van der Waals surface area (Å²) in [7, 11) is 0. The molecule has 1 fully saturated rings. The van der Waals surface area contributed by atoms with E-state index in [9.17, 15) is 17.6 Å². The second-order valence-corrected chi connectivity index (χ2v) is 6.69. The Balaban J connectivity index is 1.85. The molecule has 1 aromatic heterocycles. The minimum atomic E-state index is -4.49. The molecule has 2 heterocycles. The van der Waals surface area contributed by atoms with Crippen LogP contribution in [0.25, 0.3) is 10.9 Å². The highest BCUT2D eigenvalue weighted by Crippen LogP contribution is 2.38. The van der Waals surface area contributed by atoms with Crippen LogP contribution in [0.3, 0.4) is 0 Å². The fraction of sp³-hybridized carbons (Fsp3) is 0.300. The number of nitrogens with one attached hydrogen (secondary N) is 1. The maximum absolute atomic E-state index is 13.7. The molecule has 0 unspecified atom stereocenters. The van der Waals surface area contributed by atoms with Crippen LogP contribution in [0.4, 0.5) is 23.2 Å². The monoisotopic (exact) mass is 377 g/mol. The Morgan fingerprint density at radius 1 is 0.963 bits per heavy atom. The standard InChI is InChI=1S/C20H19F4N3/c21-15-4-1-3-14(11-15)13-27-18-6-2-5-17(26-9-7-25-8-10-26)16(18)12-19(27)20(22,23)24/h1-6,11-12,25H,7-10,13H2. The molecule has 1 saturated heterocycles. The topological polar surface area (TPSA) is 20.2 Å². The Hall–Kier alpha value is -2.54. The molecule has 1 N–H and O–H groups in total. The highest BCUT2D eigenvalue weighted by atomic mass is 19.4. The molecule has 7 heteroatoms. The first-order chi connectivity index (χ1) is 12.9. The number of rotatable bonds is 3. The van der Waals surface area contributed by atoms with Gasteiger partial charge in [0.15, 0.2) is 0 Å². The largest absolute Gasteiger partial charge is 0.431 e. The number of aromatic nitrogens is 1. The third kappa shape index (κ3) is 3.51. The van der Waals surface area contributed by atoms with Crippen LogP contribution in [0.5, 0.6) is 0 Å². The van der Waals surface area contributed by atoms with Gasteiger partial charge in [0.2, 0.25) is 0 Å². The van der Waals surface area contributed by atoms with E-state index in [1.54, 1.807) is 18.2 Å². The average Bonchev–Trinajstić information content (AvgIpc) is 3.01. The number of hydrogen-bond donors (Lipinski definition) is 1. The molecule has 0 aliphatic carbocycles. The van der Waals surface area contributed by atoms with Crippen molar-refractivity contribution < 1.29 is 17.6 Å². The molecule has 3 nitrogen and oxygen atoms in total. The molecule has 0 amide bonds. The number of anilines is 1. The van der Waals surface area contributed by atoms with Crippen molar-refractivity contribution >= 4 is 16.6 Å². The van der Waals surface area contributed by atoms with E-state index in [0.717, 1.165) is 31.9 Å². The molecule has 0 atom stereocenters. The van der Waals surface area contributed by atoms with Crippen molar-refractivity contribution in [1.82, 2.24) is 9.88 Å². The van der Waals surface area contributed by atoms with Crippen LogP contribution in [-0.4, -0.2) is 30.7 Å². The quantitative estimate of drug-likeness (QED) is 0.689. The third-order valence-electron chi connectivity index (χ3n) is 4.90. The van der Waals surface area contributed by atoms with E-state index in [1.807, 2.05) is 6.07 Å². The average molecular weight is 377 g/mol. The van der Waals surface area contributed by atoms with Crippen molar-refractivity contribution in [3.8, 4) is 0 Å². The number of hydrogen-bond acceptors (Lipinski definition) is 2. The number of benzene rings is 2. The second-order valence-electron chi connectivity index (χ2n) is 6.69. The Bertz CT molecular complexity index is 956. The minimum Gasteiger partial charge on any atom is -0.368 e. The number of nitrogens with zero attached hydrogens (tertiary/aromatic N) is 2. The molecule has 0 bridgehead atoms. The summed E-state index contributed by atoms with van der Waals surface area (Å²) < 4.78 is 55.9. The van der Waals surface area contributed by atoms with Crippen LogP contribution in [-0.2, 0) is 12.7 Å². The maximum Gasteiger partial charge on any atom is 0.431 e. The molecule has 1 aliphatic rings. The van der Waals surface area contributed by atoms with Crippen LogP contribution in [0.1, 0.15) is 11.3 Å². The van der Waals surface area contributed by atoms with Gasteiger partial charge in [0.05, 0.1) is 5.52 Å². The minimum absolute atomic E-state index is 0.0406. The molecule has 4 rings (SSSR count). The Labute approximate surface area is 154 Å². The summed E-state index contributed by atoms with van der Waals surface area (Å²) >= 11 is 0.